The first kappa shape index (κ1) is 17.6. The second kappa shape index (κ2) is 7.37. The van der Waals surface area contributed by atoms with Gasteiger partial charge in [-0.15, -0.1) is 0 Å². The van der Waals surface area contributed by atoms with E-state index in [2.05, 4.69) is 15.3 Å². The number of hydrogen-bond acceptors (Lipinski definition) is 6. The number of nitrogens with zero attached hydrogens (tertiary/aromatic N) is 2. The van der Waals surface area contributed by atoms with E-state index in [1.807, 2.05) is 37.3 Å². The Bertz CT molecular complexity index is 766. The number of esters is 1. The summed E-state index contributed by atoms with van der Waals surface area (Å²) in [7, 11) is 1.28. The number of hydrogen-bond donors (Lipinski definition) is 2. The number of rotatable bonds is 6. The van der Waals surface area contributed by atoms with E-state index in [0.29, 0.717) is 11.6 Å². The first-order chi connectivity index (χ1) is 12.0. The summed E-state index contributed by atoms with van der Waals surface area (Å²) in [5.74, 6) is 0.555. The number of carbonyl (C=O) groups excluding carboxylic acids is 1. The highest BCUT2D eigenvalue weighted by atomic mass is 35.5. The zero-order valence-corrected chi connectivity index (χ0v) is 14.8. The number of carbonyl (C=O) groups is 1. The van der Waals surface area contributed by atoms with Gasteiger partial charge in [0, 0.05) is 5.92 Å². The lowest BCUT2D eigenvalue weighted by atomic mass is 10.0. The van der Waals surface area contributed by atoms with Crippen LogP contribution in [0.15, 0.2) is 30.3 Å². The van der Waals surface area contributed by atoms with Crippen molar-refractivity contribution in [3.05, 3.63) is 52.4 Å². The topological polar surface area (TPSA) is 84.3 Å². The summed E-state index contributed by atoms with van der Waals surface area (Å²) in [4.78, 5) is 20.7. The molecule has 0 saturated heterocycles. The van der Waals surface area contributed by atoms with E-state index >= 15 is 0 Å². The first-order valence-corrected chi connectivity index (χ1v) is 8.54. The molecule has 1 aromatic carbocycles. The quantitative estimate of drug-likeness (QED) is 0.768. The Balaban J connectivity index is 1.88. The number of anilines is 1. The van der Waals surface area contributed by atoms with E-state index in [0.717, 1.165) is 18.4 Å². The van der Waals surface area contributed by atoms with Gasteiger partial charge in [0.25, 0.3) is 0 Å². The third-order valence-electron chi connectivity index (χ3n) is 4.17. The maximum Gasteiger partial charge on any atom is 0.358 e. The normalized spacial score (nSPS) is 16.2. The highest BCUT2D eigenvalue weighted by Crippen LogP contribution is 2.40. The van der Waals surface area contributed by atoms with Crippen molar-refractivity contribution in [2.75, 3.05) is 12.4 Å². The van der Waals surface area contributed by atoms with E-state index in [-0.39, 0.29) is 22.7 Å². The third kappa shape index (κ3) is 3.91. The summed E-state index contributed by atoms with van der Waals surface area (Å²) in [6.45, 7) is 1.82. The summed E-state index contributed by atoms with van der Waals surface area (Å²) in [5, 5.41) is 13.7. The van der Waals surface area contributed by atoms with Gasteiger partial charge in [-0.25, -0.2) is 14.8 Å². The molecule has 1 heterocycles. The van der Waals surface area contributed by atoms with Gasteiger partial charge in [0.15, 0.2) is 5.69 Å². The lowest BCUT2D eigenvalue weighted by molar-refractivity contribution is 0.0593. The first-order valence-electron chi connectivity index (χ1n) is 8.16. The molecule has 1 aliphatic rings. The SMILES string of the molecule is COC(=O)c1nc(C2CC2)nc(NC(C)[C@@H](O)c2ccccc2)c1Cl. The van der Waals surface area contributed by atoms with Crippen LogP contribution in [-0.2, 0) is 4.74 Å². The molecule has 1 saturated carbocycles. The summed E-state index contributed by atoms with van der Waals surface area (Å²) < 4.78 is 4.76. The number of ether oxygens (including phenoxy) is 1. The molecule has 1 fully saturated rings. The van der Waals surface area contributed by atoms with Gasteiger partial charge in [0.1, 0.15) is 16.7 Å². The number of methoxy groups -OCH3 is 1. The Morgan fingerprint density at radius 2 is 2.00 bits per heavy atom. The summed E-state index contributed by atoms with van der Waals surface area (Å²) in [6, 6.07) is 8.94. The minimum Gasteiger partial charge on any atom is -0.464 e. The van der Waals surface area contributed by atoms with Crippen LogP contribution in [0.1, 0.15) is 53.7 Å². The average molecular weight is 362 g/mol. The monoisotopic (exact) mass is 361 g/mol. The fourth-order valence-electron chi connectivity index (χ4n) is 2.55. The van der Waals surface area contributed by atoms with Crippen LogP contribution in [0.3, 0.4) is 0 Å². The molecule has 2 atom stereocenters. The predicted octanol–water partition coefficient (Wildman–Crippen LogP) is 3.33. The predicted molar refractivity (Wildman–Crippen MR) is 94.8 cm³/mol. The molecule has 1 aliphatic carbocycles. The zero-order chi connectivity index (χ0) is 18.0. The molecule has 2 aromatic rings. The fraction of sp³-hybridized carbons (Fsp3) is 0.389. The smallest absolute Gasteiger partial charge is 0.358 e. The maximum atomic E-state index is 11.9. The van der Waals surface area contributed by atoms with Crippen LogP contribution in [0.2, 0.25) is 5.02 Å². The second-order valence-electron chi connectivity index (χ2n) is 6.15. The molecule has 0 aliphatic heterocycles. The molecule has 132 valence electrons. The van der Waals surface area contributed by atoms with Gasteiger partial charge < -0.3 is 15.2 Å². The molecule has 6 nitrogen and oxygen atoms in total. The molecule has 3 rings (SSSR count). The Morgan fingerprint density at radius 3 is 2.60 bits per heavy atom. The molecule has 7 heteroatoms. The average Bonchev–Trinajstić information content (AvgIpc) is 3.48. The van der Waals surface area contributed by atoms with Gasteiger partial charge in [-0.05, 0) is 25.3 Å². The molecule has 0 bridgehead atoms. The molecule has 1 unspecified atom stereocenters. The van der Waals surface area contributed by atoms with Crippen molar-refractivity contribution in [1.82, 2.24) is 9.97 Å². The summed E-state index contributed by atoms with van der Waals surface area (Å²) >= 11 is 6.30. The number of halogens is 1. The molecular formula is C18H20ClN3O3. The number of aromatic nitrogens is 2. The standard InChI is InChI=1S/C18H20ClN3O3/c1-10(15(23)11-6-4-3-5-7-11)20-17-13(19)14(18(24)25-2)21-16(22-17)12-8-9-12/h3-7,10,12,15,23H,8-9H2,1-2H3,(H,20,21,22)/t10?,15-/m1/s1. The van der Waals surface area contributed by atoms with Crippen LogP contribution < -0.4 is 5.32 Å². The van der Waals surface area contributed by atoms with Crippen LogP contribution in [0.4, 0.5) is 5.82 Å². The van der Waals surface area contributed by atoms with Crippen molar-refractivity contribution in [2.24, 2.45) is 0 Å². The summed E-state index contributed by atoms with van der Waals surface area (Å²) in [6.07, 6.45) is 1.23. The highest BCUT2D eigenvalue weighted by molar-refractivity contribution is 6.35. The van der Waals surface area contributed by atoms with Crippen molar-refractivity contribution in [3.63, 3.8) is 0 Å². The molecule has 0 radical (unpaired) electrons. The van der Waals surface area contributed by atoms with E-state index in [4.69, 9.17) is 16.3 Å². The Morgan fingerprint density at radius 1 is 1.32 bits per heavy atom. The lowest BCUT2D eigenvalue weighted by Crippen LogP contribution is -2.25. The van der Waals surface area contributed by atoms with Crippen LogP contribution in [0, 0.1) is 0 Å². The number of benzene rings is 1. The van der Waals surface area contributed by atoms with Crippen molar-refractivity contribution in [2.45, 2.75) is 37.8 Å². The van der Waals surface area contributed by atoms with Crippen molar-refractivity contribution >= 4 is 23.4 Å². The molecule has 25 heavy (non-hydrogen) atoms. The Labute approximate surface area is 151 Å². The molecule has 2 N–H and O–H groups in total. The van der Waals surface area contributed by atoms with E-state index in [1.54, 1.807) is 0 Å². The lowest BCUT2D eigenvalue weighted by Gasteiger charge is -2.22. The number of aliphatic hydroxyl groups is 1. The highest BCUT2D eigenvalue weighted by Gasteiger charge is 2.30. The third-order valence-corrected chi connectivity index (χ3v) is 4.53. The maximum absolute atomic E-state index is 11.9. The van der Waals surface area contributed by atoms with Gasteiger partial charge in [-0.1, -0.05) is 41.9 Å². The van der Waals surface area contributed by atoms with Crippen molar-refractivity contribution in [3.8, 4) is 0 Å². The van der Waals surface area contributed by atoms with Crippen LogP contribution >= 0.6 is 11.6 Å². The molecule has 0 amide bonds. The largest absolute Gasteiger partial charge is 0.464 e. The number of nitrogens with one attached hydrogen (secondary N) is 1. The molecule has 0 spiro atoms. The minimum atomic E-state index is -0.752. The van der Waals surface area contributed by atoms with Crippen LogP contribution in [0.5, 0.6) is 0 Å². The zero-order valence-electron chi connectivity index (χ0n) is 14.1. The van der Waals surface area contributed by atoms with Crippen molar-refractivity contribution < 1.29 is 14.6 Å². The van der Waals surface area contributed by atoms with Gasteiger partial charge in [0.2, 0.25) is 0 Å². The van der Waals surface area contributed by atoms with Gasteiger partial charge in [-0.2, -0.15) is 0 Å². The Hall–Kier alpha value is -2.18. The van der Waals surface area contributed by atoms with E-state index in [9.17, 15) is 9.90 Å². The number of aliphatic hydroxyl groups excluding tert-OH is 1. The van der Waals surface area contributed by atoms with Crippen molar-refractivity contribution in [1.29, 1.82) is 0 Å². The van der Waals surface area contributed by atoms with E-state index in [1.165, 1.54) is 7.11 Å². The Kier molecular flexibility index (Phi) is 5.20. The molecule has 1 aromatic heterocycles. The van der Waals surface area contributed by atoms with Gasteiger partial charge in [0.05, 0.1) is 19.3 Å². The van der Waals surface area contributed by atoms with Gasteiger partial charge >= 0.3 is 5.97 Å². The fourth-order valence-corrected chi connectivity index (χ4v) is 2.77. The molecular weight excluding hydrogens is 342 g/mol. The van der Waals surface area contributed by atoms with Crippen LogP contribution in [-0.4, -0.2) is 34.2 Å². The minimum absolute atomic E-state index is 0.0463. The van der Waals surface area contributed by atoms with Gasteiger partial charge in [-0.3, -0.25) is 0 Å². The van der Waals surface area contributed by atoms with E-state index < -0.39 is 12.1 Å². The van der Waals surface area contributed by atoms with Crippen LogP contribution in [0.25, 0.3) is 0 Å². The second-order valence-corrected chi connectivity index (χ2v) is 6.53. The summed E-state index contributed by atoms with van der Waals surface area (Å²) in [5.41, 5.74) is 0.827.